The van der Waals surface area contributed by atoms with Crippen molar-refractivity contribution in [3.05, 3.63) is 17.5 Å². The van der Waals surface area contributed by atoms with Gasteiger partial charge in [-0.2, -0.15) is 0 Å². The highest BCUT2D eigenvalue weighted by atomic mass is 16.5. The minimum Gasteiger partial charge on any atom is -0.373 e. The highest BCUT2D eigenvalue weighted by molar-refractivity contribution is 5.32. The SMILES string of the molecule is Cc1cc(C)nc(N2CCC(CCN3CC(C)OC(C)C3)CC2)n1. The molecule has 2 aliphatic rings. The van der Waals surface area contributed by atoms with Gasteiger partial charge in [-0.1, -0.05) is 0 Å². The summed E-state index contributed by atoms with van der Waals surface area (Å²) in [4.78, 5) is 14.2. The molecule has 134 valence electrons. The first-order valence-corrected chi connectivity index (χ1v) is 9.44. The van der Waals surface area contributed by atoms with E-state index in [1.165, 1.54) is 25.8 Å². The van der Waals surface area contributed by atoms with Crippen LogP contribution in [-0.4, -0.2) is 59.8 Å². The van der Waals surface area contributed by atoms with Crippen LogP contribution >= 0.6 is 0 Å². The van der Waals surface area contributed by atoms with Crippen LogP contribution in [-0.2, 0) is 4.74 Å². The van der Waals surface area contributed by atoms with E-state index in [0.29, 0.717) is 12.2 Å². The molecule has 1 aromatic heterocycles. The van der Waals surface area contributed by atoms with E-state index in [4.69, 9.17) is 4.74 Å². The van der Waals surface area contributed by atoms with Gasteiger partial charge in [-0.3, -0.25) is 4.90 Å². The van der Waals surface area contributed by atoms with E-state index in [1.807, 2.05) is 6.07 Å². The Morgan fingerprint density at radius 2 is 1.62 bits per heavy atom. The highest BCUT2D eigenvalue weighted by Crippen LogP contribution is 2.24. The lowest BCUT2D eigenvalue weighted by Gasteiger charge is -2.37. The summed E-state index contributed by atoms with van der Waals surface area (Å²) in [7, 11) is 0. The van der Waals surface area contributed by atoms with Crippen LogP contribution in [0.2, 0.25) is 0 Å². The van der Waals surface area contributed by atoms with Crippen LogP contribution < -0.4 is 4.90 Å². The summed E-state index contributed by atoms with van der Waals surface area (Å²) < 4.78 is 5.83. The van der Waals surface area contributed by atoms with E-state index in [0.717, 1.165) is 49.4 Å². The second kappa shape index (κ2) is 7.79. The monoisotopic (exact) mass is 332 g/mol. The van der Waals surface area contributed by atoms with Crippen LogP contribution in [0.1, 0.15) is 44.5 Å². The third kappa shape index (κ3) is 4.67. The third-order valence-corrected chi connectivity index (χ3v) is 5.22. The maximum Gasteiger partial charge on any atom is 0.225 e. The fraction of sp³-hybridized carbons (Fsp3) is 0.789. The van der Waals surface area contributed by atoms with Gasteiger partial charge in [0.05, 0.1) is 12.2 Å². The molecule has 1 aromatic rings. The Kier molecular flexibility index (Phi) is 5.72. The van der Waals surface area contributed by atoms with Crippen molar-refractivity contribution in [3.63, 3.8) is 0 Å². The van der Waals surface area contributed by atoms with Gasteiger partial charge < -0.3 is 9.64 Å². The molecule has 0 saturated carbocycles. The number of hydrogen-bond acceptors (Lipinski definition) is 5. The summed E-state index contributed by atoms with van der Waals surface area (Å²) in [6.45, 7) is 14.0. The van der Waals surface area contributed by atoms with Crippen molar-refractivity contribution in [2.75, 3.05) is 37.6 Å². The zero-order valence-corrected chi connectivity index (χ0v) is 15.7. The summed E-state index contributed by atoms with van der Waals surface area (Å²) in [5.74, 6) is 1.75. The normalized spacial score (nSPS) is 26.8. The Hall–Kier alpha value is -1.20. The van der Waals surface area contributed by atoms with Gasteiger partial charge in [-0.15, -0.1) is 0 Å². The summed E-state index contributed by atoms with van der Waals surface area (Å²) >= 11 is 0. The van der Waals surface area contributed by atoms with Crippen molar-refractivity contribution in [2.24, 2.45) is 5.92 Å². The van der Waals surface area contributed by atoms with Crippen LogP contribution in [0.5, 0.6) is 0 Å². The molecular weight excluding hydrogens is 300 g/mol. The predicted molar refractivity (Wildman–Crippen MR) is 97.5 cm³/mol. The zero-order valence-electron chi connectivity index (χ0n) is 15.7. The molecule has 24 heavy (non-hydrogen) atoms. The topological polar surface area (TPSA) is 41.5 Å². The van der Waals surface area contributed by atoms with Crippen LogP contribution in [0.4, 0.5) is 5.95 Å². The summed E-state index contributed by atoms with van der Waals surface area (Å²) in [6, 6.07) is 2.04. The lowest BCUT2D eigenvalue weighted by atomic mass is 9.93. The van der Waals surface area contributed by atoms with Gasteiger partial charge in [-0.05, 0) is 65.5 Å². The van der Waals surface area contributed by atoms with Crippen molar-refractivity contribution in [1.29, 1.82) is 0 Å². The molecular formula is C19H32N4O. The third-order valence-electron chi connectivity index (χ3n) is 5.22. The standard InChI is InChI=1S/C19H32N4O/c1-14-11-15(2)21-19(20-14)23-9-6-18(7-10-23)5-8-22-12-16(3)24-17(4)13-22/h11,16-18H,5-10,12-13H2,1-4H3. The number of hydrogen-bond donors (Lipinski definition) is 0. The minimum absolute atomic E-state index is 0.373. The van der Waals surface area contributed by atoms with Gasteiger partial charge in [0.25, 0.3) is 0 Å². The fourth-order valence-corrected chi connectivity index (χ4v) is 4.10. The molecule has 0 N–H and O–H groups in total. The number of aryl methyl sites for hydroxylation is 2. The Labute approximate surface area is 146 Å². The zero-order chi connectivity index (χ0) is 17.1. The van der Waals surface area contributed by atoms with Crippen LogP contribution in [0, 0.1) is 19.8 Å². The predicted octanol–water partition coefficient (Wildman–Crippen LogP) is 2.81. The molecule has 0 aromatic carbocycles. The number of nitrogens with zero attached hydrogens (tertiary/aromatic N) is 4. The van der Waals surface area contributed by atoms with Crippen molar-refractivity contribution < 1.29 is 4.74 Å². The molecule has 3 rings (SSSR count). The maximum absolute atomic E-state index is 5.83. The molecule has 0 spiro atoms. The number of ether oxygens (including phenoxy) is 1. The number of morpholine rings is 1. The number of rotatable bonds is 4. The van der Waals surface area contributed by atoms with Gasteiger partial charge in [0.1, 0.15) is 0 Å². The van der Waals surface area contributed by atoms with E-state index >= 15 is 0 Å². The van der Waals surface area contributed by atoms with E-state index in [2.05, 4.69) is 47.5 Å². The molecule has 0 radical (unpaired) electrons. The molecule has 5 nitrogen and oxygen atoms in total. The Morgan fingerprint density at radius 3 is 2.21 bits per heavy atom. The molecule has 2 unspecified atom stereocenters. The summed E-state index contributed by atoms with van der Waals surface area (Å²) in [6.07, 6.45) is 4.56. The second-order valence-electron chi connectivity index (χ2n) is 7.69. The quantitative estimate of drug-likeness (QED) is 0.848. The molecule has 2 fully saturated rings. The summed E-state index contributed by atoms with van der Waals surface area (Å²) in [5.41, 5.74) is 2.13. The van der Waals surface area contributed by atoms with Gasteiger partial charge in [0.15, 0.2) is 0 Å². The molecule has 2 saturated heterocycles. The number of anilines is 1. The van der Waals surface area contributed by atoms with Crippen LogP contribution in [0.3, 0.4) is 0 Å². The van der Waals surface area contributed by atoms with E-state index in [-0.39, 0.29) is 0 Å². The number of piperidine rings is 1. The Bertz CT molecular complexity index is 512. The Balaban J connectivity index is 1.45. The molecule has 3 heterocycles. The minimum atomic E-state index is 0.373. The highest BCUT2D eigenvalue weighted by Gasteiger charge is 2.25. The average molecular weight is 332 g/mol. The van der Waals surface area contributed by atoms with Gasteiger partial charge in [-0.25, -0.2) is 9.97 Å². The van der Waals surface area contributed by atoms with E-state index in [9.17, 15) is 0 Å². The number of aromatic nitrogens is 2. The van der Waals surface area contributed by atoms with Crippen molar-refractivity contribution >= 4 is 5.95 Å². The molecule has 0 aliphatic carbocycles. The smallest absolute Gasteiger partial charge is 0.225 e. The van der Waals surface area contributed by atoms with Gasteiger partial charge >= 0.3 is 0 Å². The molecule has 0 amide bonds. The fourth-order valence-electron chi connectivity index (χ4n) is 4.10. The lowest BCUT2D eigenvalue weighted by molar-refractivity contribution is -0.0690. The van der Waals surface area contributed by atoms with Gasteiger partial charge in [0, 0.05) is 37.6 Å². The first-order valence-electron chi connectivity index (χ1n) is 9.44. The molecule has 5 heteroatoms. The first-order chi connectivity index (χ1) is 11.5. The van der Waals surface area contributed by atoms with Crippen molar-refractivity contribution in [1.82, 2.24) is 14.9 Å². The van der Waals surface area contributed by atoms with Crippen molar-refractivity contribution in [2.45, 2.75) is 59.2 Å². The Morgan fingerprint density at radius 1 is 1.04 bits per heavy atom. The second-order valence-corrected chi connectivity index (χ2v) is 7.69. The summed E-state index contributed by atoms with van der Waals surface area (Å²) in [5, 5.41) is 0. The van der Waals surface area contributed by atoms with Crippen molar-refractivity contribution in [3.8, 4) is 0 Å². The molecule has 0 bridgehead atoms. The van der Waals surface area contributed by atoms with Crippen LogP contribution in [0.25, 0.3) is 0 Å². The first kappa shape index (κ1) is 17.6. The largest absolute Gasteiger partial charge is 0.373 e. The molecule has 2 atom stereocenters. The van der Waals surface area contributed by atoms with E-state index in [1.54, 1.807) is 0 Å². The maximum atomic E-state index is 5.83. The average Bonchev–Trinajstić information content (AvgIpc) is 2.51. The van der Waals surface area contributed by atoms with Crippen LogP contribution in [0.15, 0.2) is 6.07 Å². The van der Waals surface area contributed by atoms with Gasteiger partial charge in [0.2, 0.25) is 5.95 Å². The van der Waals surface area contributed by atoms with E-state index < -0.39 is 0 Å². The molecule has 2 aliphatic heterocycles. The lowest BCUT2D eigenvalue weighted by Crippen LogP contribution is -2.46.